The maximum Gasteiger partial charge on any atom is 0.271 e. The van der Waals surface area contributed by atoms with E-state index in [1.807, 2.05) is 49.0 Å². The number of amides is 1. The van der Waals surface area contributed by atoms with Crippen LogP contribution in [0, 0.1) is 13.8 Å². The second kappa shape index (κ2) is 7.52. The van der Waals surface area contributed by atoms with E-state index in [1.165, 1.54) is 6.20 Å². The lowest BCUT2D eigenvalue weighted by molar-refractivity contribution is 0.0949. The minimum atomic E-state index is -0.249. The fourth-order valence-electron chi connectivity index (χ4n) is 2.23. The van der Waals surface area contributed by atoms with Gasteiger partial charge in [-0.1, -0.05) is 0 Å². The second-order valence-electron chi connectivity index (χ2n) is 5.47. The van der Waals surface area contributed by atoms with Gasteiger partial charge in [-0.15, -0.1) is 0 Å². The van der Waals surface area contributed by atoms with E-state index in [9.17, 15) is 4.79 Å². The average molecular weight is 337 g/mol. The molecule has 0 unspecified atom stereocenters. The van der Waals surface area contributed by atoms with Crippen LogP contribution in [0.5, 0.6) is 0 Å². The number of anilines is 1. The van der Waals surface area contributed by atoms with Crippen LogP contribution in [0.15, 0.2) is 43.0 Å². The molecule has 0 saturated heterocycles. The molecule has 8 heteroatoms. The van der Waals surface area contributed by atoms with Crippen molar-refractivity contribution in [1.29, 1.82) is 0 Å². The molecule has 8 nitrogen and oxygen atoms in total. The van der Waals surface area contributed by atoms with Crippen LogP contribution in [-0.4, -0.2) is 43.5 Å². The van der Waals surface area contributed by atoms with E-state index in [2.05, 4.69) is 30.6 Å². The van der Waals surface area contributed by atoms with Crippen molar-refractivity contribution in [3.05, 3.63) is 60.2 Å². The van der Waals surface area contributed by atoms with Gasteiger partial charge >= 0.3 is 0 Å². The Morgan fingerprint density at radius 2 is 1.88 bits per heavy atom. The van der Waals surface area contributed by atoms with Crippen molar-refractivity contribution in [1.82, 2.24) is 29.8 Å². The third kappa shape index (κ3) is 4.37. The van der Waals surface area contributed by atoms with Crippen LogP contribution in [0.1, 0.15) is 22.0 Å². The number of carbonyl (C=O) groups excluding carboxylic acids is 1. The lowest BCUT2D eigenvalue weighted by atomic mass is 10.4. The summed E-state index contributed by atoms with van der Waals surface area (Å²) < 4.78 is 1.91. The van der Waals surface area contributed by atoms with E-state index < -0.39 is 0 Å². The minimum absolute atomic E-state index is 0.249. The highest BCUT2D eigenvalue weighted by atomic mass is 16.1. The highest BCUT2D eigenvalue weighted by molar-refractivity contribution is 5.91. The van der Waals surface area contributed by atoms with E-state index in [0.717, 1.165) is 11.5 Å². The predicted molar refractivity (Wildman–Crippen MR) is 93.7 cm³/mol. The van der Waals surface area contributed by atoms with Crippen LogP contribution in [0.25, 0.3) is 5.82 Å². The normalized spacial score (nSPS) is 10.5. The molecule has 3 aromatic rings. The molecular formula is C17H19N7O. The highest BCUT2D eigenvalue weighted by Gasteiger charge is 2.07. The summed E-state index contributed by atoms with van der Waals surface area (Å²) in [5.41, 5.74) is 1.08. The van der Waals surface area contributed by atoms with Gasteiger partial charge in [0.1, 0.15) is 23.2 Å². The third-order valence-electron chi connectivity index (χ3n) is 3.42. The molecule has 0 radical (unpaired) electrons. The average Bonchev–Trinajstić information content (AvgIpc) is 3.13. The van der Waals surface area contributed by atoms with Crippen molar-refractivity contribution < 1.29 is 4.79 Å². The number of hydrogen-bond acceptors (Lipinski definition) is 6. The standard InChI is InChI=1S/C17H19N7O/c1-12-10-21-14(11-20-12)17(25)19-6-5-18-15-9-16(23-13(2)22-15)24-7-3-4-8-24/h3-4,7-11H,5-6H2,1-2H3,(H,19,25)(H,18,22,23). The van der Waals surface area contributed by atoms with Gasteiger partial charge in [0, 0.05) is 37.7 Å². The SMILES string of the molecule is Cc1cnc(C(=O)NCCNc2cc(-n3cccc3)nc(C)n2)cn1. The van der Waals surface area contributed by atoms with Gasteiger partial charge in [0.15, 0.2) is 0 Å². The largest absolute Gasteiger partial charge is 0.368 e. The summed E-state index contributed by atoms with van der Waals surface area (Å²) in [5.74, 6) is 1.92. The molecule has 3 heterocycles. The second-order valence-corrected chi connectivity index (χ2v) is 5.47. The minimum Gasteiger partial charge on any atom is -0.368 e. The van der Waals surface area contributed by atoms with Crippen molar-refractivity contribution in [3.63, 3.8) is 0 Å². The van der Waals surface area contributed by atoms with E-state index in [4.69, 9.17) is 0 Å². The first-order chi connectivity index (χ1) is 12.1. The summed E-state index contributed by atoms with van der Waals surface area (Å²) >= 11 is 0. The Balaban J connectivity index is 1.54. The van der Waals surface area contributed by atoms with Crippen LogP contribution in [-0.2, 0) is 0 Å². The topological polar surface area (TPSA) is 97.6 Å². The molecule has 0 aliphatic carbocycles. The molecule has 3 aromatic heterocycles. The highest BCUT2D eigenvalue weighted by Crippen LogP contribution is 2.11. The van der Waals surface area contributed by atoms with E-state index in [-0.39, 0.29) is 5.91 Å². The van der Waals surface area contributed by atoms with Gasteiger partial charge in [-0.3, -0.25) is 9.78 Å². The summed E-state index contributed by atoms with van der Waals surface area (Å²) in [6, 6.07) is 5.74. The van der Waals surface area contributed by atoms with Crippen molar-refractivity contribution in [2.45, 2.75) is 13.8 Å². The Morgan fingerprint density at radius 3 is 2.60 bits per heavy atom. The Kier molecular flexibility index (Phi) is 4.98. The van der Waals surface area contributed by atoms with E-state index in [1.54, 1.807) is 6.20 Å². The van der Waals surface area contributed by atoms with Crippen molar-refractivity contribution in [2.75, 3.05) is 18.4 Å². The Labute approximate surface area is 145 Å². The lowest BCUT2D eigenvalue weighted by Crippen LogP contribution is -2.29. The molecule has 3 rings (SSSR count). The zero-order chi connectivity index (χ0) is 17.6. The molecule has 2 N–H and O–H groups in total. The molecule has 0 fully saturated rings. The fraction of sp³-hybridized carbons (Fsp3) is 0.235. The molecule has 0 bridgehead atoms. The van der Waals surface area contributed by atoms with Gasteiger partial charge in [-0.05, 0) is 26.0 Å². The molecule has 0 saturated carbocycles. The molecule has 0 atom stereocenters. The van der Waals surface area contributed by atoms with E-state index >= 15 is 0 Å². The van der Waals surface area contributed by atoms with Crippen molar-refractivity contribution >= 4 is 11.7 Å². The smallest absolute Gasteiger partial charge is 0.271 e. The van der Waals surface area contributed by atoms with Gasteiger partial charge in [0.05, 0.1) is 11.9 Å². The first-order valence-corrected chi connectivity index (χ1v) is 7.91. The molecule has 0 aromatic carbocycles. The number of nitrogens with zero attached hydrogens (tertiary/aromatic N) is 5. The van der Waals surface area contributed by atoms with Crippen LogP contribution >= 0.6 is 0 Å². The molecule has 0 aliphatic heterocycles. The number of aryl methyl sites for hydroxylation is 2. The number of aromatic nitrogens is 5. The fourth-order valence-corrected chi connectivity index (χ4v) is 2.23. The summed E-state index contributed by atoms with van der Waals surface area (Å²) in [7, 11) is 0. The number of nitrogens with one attached hydrogen (secondary N) is 2. The summed E-state index contributed by atoms with van der Waals surface area (Å²) in [5, 5.41) is 5.98. The molecule has 25 heavy (non-hydrogen) atoms. The van der Waals surface area contributed by atoms with Gasteiger partial charge < -0.3 is 15.2 Å². The molecule has 128 valence electrons. The first kappa shape index (κ1) is 16.6. The lowest BCUT2D eigenvalue weighted by Gasteiger charge is -2.10. The number of carbonyl (C=O) groups is 1. The first-order valence-electron chi connectivity index (χ1n) is 7.91. The van der Waals surface area contributed by atoms with Crippen LogP contribution < -0.4 is 10.6 Å². The maximum absolute atomic E-state index is 12.0. The molecule has 1 amide bonds. The quantitative estimate of drug-likeness (QED) is 0.662. The zero-order valence-corrected chi connectivity index (χ0v) is 14.1. The Morgan fingerprint density at radius 1 is 1.08 bits per heavy atom. The number of rotatable bonds is 6. The summed E-state index contributed by atoms with van der Waals surface area (Å²) in [4.78, 5) is 28.8. The van der Waals surface area contributed by atoms with Crippen LogP contribution in [0.4, 0.5) is 5.82 Å². The van der Waals surface area contributed by atoms with Gasteiger partial charge in [0.2, 0.25) is 0 Å². The summed E-state index contributed by atoms with van der Waals surface area (Å²) in [6.45, 7) is 4.64. The van der Waals surface area contributed by atoms with Gasteiger partial charge in [0.25, 0.3) is 5.91 Å². The Hall–Kier alpha value is -3.29. The van der Waals surface area contributed by atoms with Crippen molar-refractivity contribution in [2.24, 2.45) is 0 Å². The maximum atomic E-state index is 12.0. The van der Waals surface area contributed by atoms with E-state index in [0.29, 0.717) is 30.4 Å². The Bertz CT molecular complexity index is 844. The number of hydrogen-bond donors (Lipinski definition) is 2. The summed E-state index contributed by atoms with van der Waals surface area (Å²) in [6.07, 6.45) is 6.89. The predicted octanol–water partition coefficient (Wildman–Crippen LogP) is 1.52. The third-order valence-corrected chi connectivity index (χ3v) is 3.42. The monoisotopic (exact) mass is 337 g/mol. The molecular weight excluding hydrogens is 318 g/mol. The van der Waals surface area contributed by atoms with Gasteiger partial charge in [-0.2, -0.15) is 0 Å². The molecule has 0 aliphatic rings. The molecule has 0 spiro atoms. The van der Waals surface area contributed by atoms with Gasteiger partial charge in [-0.25, -0.2) is 15.0 Å². The van der Waals surface area contributed by atoms with Crippen LogP contribution in [0.2, 0.25) is 0 Å². The zero-order valence-electron chi connectivity index (χ0n) is 14.1. The van der Waals surface area contributed by atoms with Crippen LogP contribution in [0.3, 0.4) is 0 Å². The van der Waals surface area contributed by atoms with Crippen molar-refractivity contribution in [3.8, 4) is 5.82 Å².